The predicted molar refractivity (Wildman–Crippen MR) is 78.7 cm³/mol. The van der Waals surface area contributed by atoms with E-state index >= 15 is 0 Å². The second-order valence-corrected chi connectivity index (χ2v) is 5.38. The summed E-state index contributed by atoms with van der Waals surface area (Å²) in [6.07, 6.45) is 0.577. The first-order valence-electron chi connectivity index (χ1n) is 6.35. The van der Waals surface area contributed by atoms with Gasteiger partial charge in [0.2, 0.25) is 0 Å². The van der Waals surface area contributed by atoms with Crippen LogP contribution in [0.3, 0.4) is 0 Å². The fourth-order valence-electron chi connectivity index (χ4n) is 1.95. The molecule has 0 bridgehead atoms. The van der Waals surface area contributed by atoms with Crippen molar-refractivity contribution >= 4 is 11.3 Å². The van der Waals surface area contributed by atoms with Crippen molar-refractivity contribution in [1.82, 2.24) is 0 Å². The summed E-state index contributed by atoms with van der Waals surface area (Å²) in [5.41, 5.74) is 8.13. The predicted octanol–water partition coefficient (Wildman–Crippen LogP) is 2.67. The van der Waals surface area contributed by atoms with Crippen molar-refractivity contribution in [3.63, 3.8) is 0 Å². The lowest BCUT2D eigenvalue weighted by Crippen LogP contribution is -2.18. The maximum Gasteiger partial charge on any atom is 0.145 e. The molecule has 1 aromatic heterocycles. The van der Waals surface area contributed by atoms with E-state index in [1.807, 2.05) is 24.3 Å². The number of nitrogens with two attached hydrogens (primary N) is 1. The van der Waals surface area contributed by atoms with Crippen molar-refractivity contribution in [1.29, 1.82) is 0 Å². The van der Waals surface area contributed by atoms with Crippen molar-refractivity contribution in [2.45, 2.75) is 19.4 Å². The van der Waals surface area contributed by atoms with E-state index in [2.05, 4.69) is 18.4 Å². The number of aliphatic hydroxyl groups is 1. The van der Waals surface area contributed by atoms with Crippen LogP contribution in [-0.4, -0.2) is 18.3 Å². The Labute approximate surface area is 117 Å². The molecule has 0 aliphatic rings. The van der Waals surface area contributed by atoms with Gasteiger partial charge in [-0.15, -0.1) is 11.3 Å². The summed E-state index contributed by atoms with van der Waals surface area (Å²) in [6.45, 7) is 2.70. The highest BCUT2D eigenvalue weighted by Gasteiger charge is 2.15. The molecule has 2 rings (SSSR count). The van der Waals surface area contributed by atoms with Crippen LogP contribution in [-0.2, 0) is 6.42 Å². The first-order valence-corrected chi connectivity index (χ1v) is 7.23. The fraction of sp³-hybridized carbons (Fsp3) is 0.333. The molecule has 1 unspecified atom stereocenters. The third kappa shape index (κ3) is 3.56. The number of aryl methyl sites for hydroxylation is 1. The Kier molecular flexibility index (Phi) is 4.96. The highest BCUT2D eigenvalue weighted by atomic mass is 32.1. The summed E-state index contributed by atoms with van der Waals surface area (Å²) in [6, 6.07) is 9.88. The lowest BCUT2D eigenvalue weighted by Gasteiger charge is -2.17. The summed E-state index contributed by atoms with van der Waals surface area (Å²) in [4.78, 5) is 1.18. The molecule has 3 N–H and O–H groups in total. The van der Waals surface area contributed by atoms with Crippen LogP contribution in [0.4, 0.5) is 0 Å². The van der Waals surface area contributed by atoms with E-state index in [0.29, 0.717) is 13.0 Å². The molecule has 0 saturated carbocycles. The lowest BCUT2D eigenvalue weighted by molar-refractivity contribution is 0.217. The van der Waals surface area contributed by atoms with Crippen molar-refractivity contribution in [2.24, 2.45) is 5.73 Å². The van der Waals surface area contributed by atoms with Gasteiger partial charge in [0.05, 0.1) is 0 Å². The van der Waals surface area contributed by atoms with Gasteiger partial charge in [0, 0.05) is 18.0 Å². The van der Waals surface area contributed by atoms with Crippen LogP contribution >= 0.6 is 11.3 Å². The molecule has 1 aromatic carbocycles. The largest absolute Gasteiger partial charge is 0.484 e. The highest BCUT2D eigenvalue weighted by Crippen LogP contribution is 2.28. The van der Waals surface area contributed by atoms with Crippen LogP contribution < -0.4 is 10.5 Å². The molecule has 2 aromatic rings. The quantitative estimate of drug-likeness (QED) is 0.853. The van der Waals surface area contributed by atoms with E-state index < -0.39 is 0 Å². The summed E-state index contributed by atoms with van der Waals surface area (Å²) >= 11 is 1.67. The molecular weight excluding hydrogens is 258 g/mol. The normalized spacial score (nSPS) is 12.4. The zero-order chi connectivity index (χ0) is 13.7. The molecule has 0 aliphatic heterocycles. The molecule has 3 nitrogen and oxygen atoms in total. The molecule has 1 atom stereocenters. The summed E-state index contributed by atoms with van der Waals surface area (Å²) in [5.74, 6) is 0.810. The van der Waals surface area contributed by atoms with Crippen LogP contribution in [0.25, 0.3) is 0 Å². The number of ether oxygens (including phenoxy) is 1. The van der Waals surface area contributed by atoms with Crippen LogP contribution in [0.15, 0.2) is 35.7 Å². The van der Waals surface area contributed by atoms with Gasteiger partial charge < -0.3 is 15.6 Å². The molecule has 19 heavy (non-hydrogen) atoms. The van der Waals surface area contributed by atoms with Gasteiger partial charge in [-0.25, -0.2) is 0 Å². The standard InChI is InChI=1S/C15H19NO2S/c1-11-7-9-19-15(11)14(10-16)18-13-4-2-12(3-5-13)6-8-17/h2-5,7,9,14,17H,6,8,10,16H2,1H3. The maximum atomic E-state index is 8.88. The van der Waals surface area contributed by atoms with Crippen LogP contribution in [0.5, 0.6) is 5.75 Å². The Balaban J connectivity index is 2.08. The summed E-state index contributed by atoms with van der Waals surface area (Å²) in [5, 5.41) is 10.9. The van der Waals surface area contributed by atoms with Gasteiger partial charge in [-0.2, -0.15) is 0 Å². The molecule has 1 heterocycles. The number of hydrogen-bond acceptors (Lipinski definition) is 4. The van der Waals surface area contributed by atoms with Gasteiger partial charge in [-0.05, 0) is 48.1 Å². The number of hydrogen-bond donors (Lipinski definition) is 2. The van der Waals surface area contributed by atoms with E-state index in [-0.39, 0.29) is 12.7 Å². The Morgan fingerprint density at radius 1 is 1.26 bits per heavy atom. The van der Waals surface area contributed by atoms with E-state index in [1.165, 1.54) is 10.4 Å². The van der Waals surface area contributed by atoms with E-state index in [9.17, 15) is 0 Å². The van der Waals surface area contributed by atoms with Crippen molar-refractivity contribution in [3.8, 4) is 5.75 Å². The first-order chi connectivity index (χ1) is 9.24. The SMILES string of the molecule is Cc1ccsc1C(CN)Oc1ccc(CCO)cc1. The zero-order valence-electron chi connectivity index (χ0n) is 11.0. The van der Waals surface area contributed by atoms with Crippen LogP contribution in [0.2, 0.25) is 0 Å². The summed E-state index contributed by atoms with van der Waals surface area (Å²) < 4.78 is 5.94. The second kappa shape index (κ2) is 6.70. The number of aliphatic hydroxyl groups excluding tert-OH is 1. The lowest BCUT2D eigenvalue weighted by atomic mass is 10.1. The molecular formula is C15H19NO2S. The van der Waals surface area contributed by atoms with Gasteiger partial charge in [-0.1, -0.05) is 12.1 Å². The number of benzene rings is 1. The van der Waals surface area contributed by atoms with Gasteiger partial charge in [0.15, 0.2) is 0 Å². The van der Waals surface area contributed by atoms with E-state index in [0.717, 1.165) is 11.3 Å². The molecule has 0 aliphatic carbocycles. The molecule has 0 fully saturated rings. The third-order valence-electron chi connectivity index (χ3n) is 3.01. The smallest absolute Gasteiger partial charge is 0.145 e. The Bertz CT molecular complexity index is 507. The minimum absolute atomic E-state index is 0.0938. The van der Waals surface area contributed by atoms with Gasteiger partial charge >= 0.3 is 0 Å². The van der Waals surface area contributed by atoms with Crippen LogP contribution in [0, 0.1) is 6.92 Å². The van der Waals surface area contributed by atoms with Gasteiger partial charge in [0.25, 0.3) is 0 Å². The maximum absolute atomic E-state index is 8.88. The Hall–Kier alpha value is -1.36. The van der Waals surface area contributed by atoms with E-state index in [1.54, 1.807) is 11.3 Å². The topological polar surface area (TPSA) is 55.5 Å². The summed E-state index contributed by atoms with van der Waals surface area (Å²) in [7, 11) is 0. The average Bonchev–Trinajstić information content (AvgIpc) is 2.84. The minimum atomic E-state index is -0.0938. The van der Waals surface area contributed by atoms with Crippen LogP contribution in [0.1, 0.15) is 22.1 Å². The minimum Gasteiger partial charge on any atom is -0.484 e. The Morgan fingerprint density at radius 3 is 2.53 bits per heavy atom. The third-order valence-corrected chi connectivity index (χ3v) is 4.12. The zero-order valence-corrected chi connectivity index (χ0v) is 11.8. The second-order valence-electron chi connectivity index (χ2n) is 4.43. The molecule has 0 spiro atoms. The highest BCUT2D eigenvalue weighted by molar-refractivity contribution is 7.10. The average molecular weight is 277 g/mol. The molecule has 0 radical (unpaired) electrons. The first kappa shape index (κ1) is 14.1. The van der Waals surface area contributed by atoms with Gasteiger partial charge in [0.1, 0.15) is 11.9 Å². The fourth-order valence-corrected chi connectivity index (χ4v) is 2.92. The number of rotatable bonds is 6. The molecule has 0 saturated heterocycles. The molecule has 0 amide bonds. The monoisotopic (exact) mass is 277 g/mol. The van der Waals surface area contributed by atoms with Gasteiger partial charge in [-0.3, -0.25) is 0 Å². The van der Waals surface area contributed by atoms with E-state index in [4.69, 9.17) is 15.6 Å². The van der Waals surface area contributed by atoms with Crippen molar-refractivity contribution < 1.29 is 9.84 Å². The molecule has 4 heteroatoms. The Morgan fingerprint density at radius 2 is 2.00 bits per heavy atom. The number of thiophene rings is 1. The van der Waals surface area contributed by atoms with Crippen molar-refractivity contribution in [3.05, 3.63) is 51.7 Å². The van der Waals surface area contributed by atoms with Crippen molar-refractivity contribution in [2.75, 3.05) is 13.2 Å². The molecule has 102 valence electrons.